The van der Waals surface area contributed by atoms with Crippen LogP contribution in [-0.2, 0) is 0 Å². The lowest BCUT2D eigenvalue weighted by atomic mass is 10.1. The summed E-state index contributed by atoms with van der Waals surface area (Å²) < 4.78 is 0. The minimum Gasteiger partial charge on any atom is -0.0922 e. The van der Waals surface area contributed by atoms with E-state index in [1.54, 1.807) is 5.92 Å². The lowest BCUT2D eigenvalue weighted by Gasteiger charge is -2.00. The van der Waals surface area contributed by atoms with Crippen LogP contribution in [-0.4, -0.2) is 5.33 Å². The van der Waals surface area contributed by atoms with Gasteiger partial charge in [0.15, 0.2) is 0 Å². The maximum Gasteiger partial charge on any atom is 0.00908 e. The van der Waals surface area contributed by atoms with Crippen LogP contribution in [0.1, 0.15) is 26.7 Å². The molecular formula is C6H12Br. The largest absolute Gasteiger partial charge is 0.0922 e. The van der Waals surface area contributed by atoms with Gasteiger partial charge in [-0.25, -0.2) is 0 Å². The van der Waals surface area contributed by atoms with Crippen LogP contribution in [0.15, 0.2) is 0 Å². The van der Waals surface area contributed by atoms with E-state index in [1.165, 1.54) is 12.8 Å². The molecule has 0 saturated heterocycles. The Bertz CT molecular complexity index is 35.2. The van der Waals surface area contributed by atoms with Crippen LogP contribution in [0.4, 0.5) is 0 Å². The Morgan fingerprint density at radius 1 is 1.57 bits per heavy atom. The molecule has 0 rings (SSSR count). The third kappa shape index (κ3) is 4.33. The summed E-state index contributed by atoms with van der Waals surface area (Å²) in [7, 11) is 0. The molecule has 0 aliphatic carbocycles. The topological polar surface area (TPSA) is 0 Å². The zero-order valence-electron chi connectivity index (χ0n) is 5.00. The standard InChI is InChI=1S/C6H12Br/c1-3-4-6(2)5-7/h3-5H2,1-2H3. The van der Waals surface area contributed by atoms with Crippen molar-refractivity contribution in [2.45, 2.75) is 26.7 Å². The summed E-state index contributed by atoms with van der Waals surface area (Å²) in [6, 6.07) is 0. The molecule has 0 aliphatic heterocycles. The second-order valence-corrected chi connectivity index (χ2v) is 2.40. The Kier molecular flexibility index (Phi) is 4.95. The molecule has 0 heterocycles. The first kappa shape index (κ1) is 7.48. The highest BCUT2D eigenvalue weighted by atomic mass is 79.9. The first-order chi connectivity index (χ1) is 3.31. The van der Waals surface area contributed by atoms with E-state index in [4.69, 9.17) is 0 Å². The molecule has 0 aromatic carbocycles. The summed E-state index contributed by atoms with van der Waals surface area (Å²) in [5.41, 5.74) is 0. The summed E-state index contributed by atoms with van der Waals surface area (Å²) in [5, 5.41) is 1.07. The van der Waals surface area contributed by atoms with Gasteiger partial charge in [-0.2, -0.15) is 0 Å². The van der Waals surface area contributed by atoms with Gasteiger partial charge in [0.1, 0.15) is 0 Å². The number of hydrogen-bond donors (Lipinski definition) is 0. The summed E-state index contributed by atoms with van der Waals surface area (Å²) in [5.74, 6) is 1.54. The summed E-state index contributed by atoms with van der Waals surface area (Å²) in [6.45, 7) is 4.38. The minimum absolute atomic E-state index is 1.07. The maximum atomic E-state index is 3.38. The fraction of sp³-hybridized carbons (Fsp3) is 0.833. The molecule has 0 saturated carbocycles. The lowest BCUT2D eigenvalue weighted by molar-refractivity contribution is 0.815. The van der Waals surface area contributed by atoms with Crippen molar-refractivity contribution in [1.82, 2.24) is 0 Å². The van der Waals surface area contributed by atoms with E-state index in [1.807, 2.05) is 0 Å². The molecule has 0 aliphatic rings. The molecule has 0 N–H and O–H groups in total. The van der Waals surface area contributed by atoms with E-state index in [-0.39, 0.29) is 0 Å². The van der Waals surface area contributed by atoms with Gasteiger partial charge >= 0.3 is 0 Å². The van der Waals surface area contributed by atoms with Gasteiger partial charge in [-0.3, -0.25) is 0 Å². The van der Waals surface area contributed by atoms with Gasteiger partial charge in [0.25, 0.3) is 0 Å². The second kappa shape index (κ2) is 4.63. The van der Waals surface area contributed by atoms with Gasteiger partial charge in [-0.1, -0.05) is 36.2 Å². The Morgan fingerprint density at radius 2 is 2.14 bits per heavy atom. The highest BCUT2D eigenvalue weighted by molar-refractivity contribution is 9.09. The van der Waals surface area contributed by atoms with E-state index in [2.05, 4.69) is 29.8 Å². The van der Waals surface area contributed by atoms with Crippen molar-refractivity contribution in [1.29, 1.82) is 0 Å². The second-order valence-electron chi connectivity index (χ2n) is 1.84. The van der Waals surface area contributed by atoms with Crippen molar-refractivity contribution in [3.8, 4) is 0 Å². The summed E-state index contributed by atoms with van der Waals surface area (Å²) in [4.78, 5) is 0. The fourth-order valence-electron chi connectivity index (χ4n) is 0.494. The van der Waals surface area contributed by atoms with E-state index < -0.39 is 0 Å². The molecule has 0 aromatic rings. The molecule has 1 heteroatoms. The molecular weight excluding hydrogens is 152 g/mol. The molecule has 43 valence electrons. The fourth-order valence-corrected chi connectivity index (χ4v) is 0.774. The Labute approximate surface area is 54.4 Å². The van der Waals surface area contributed by atoms with Crippen LogP contribution in [0.25, 0.3) is 0 Å². The van der Waals surface area contributed by atoms with Crippen LogP contribution >= 0.6 is 15.9 Å². The van der Waals surface area contributed by atoms with Crippen molar-refractivity contribution in [3.63, 3.8) is 0 Å². The number of rotatable bonds is 3. The molecule has 0 aromatic heterocycles. The van der Waals surface area contributed by atoms with Crippen LogP contribution < -0.4 is 0 Å². The first-order valence-electron chi connectivity index (χ1n) is 2.68. The van der Waals surface area contributed by atoms with Crippen molar-refractivity contribution in [2.75, 3.05) is 5.33 Å². The van der Waals surface area contributed by atoms with Gasteiger partial charge < -0.3 is 0 Å². The molecule has 1 radical (unpaired) electrons. The highest BCUT2D eigenvalue weighted by Crippen LogP contribution is 2.09. The van der Waals surface area contributed by atoms with E-state index in [0.29, 0.717) is 0 Å². The van der Waals surface area contributed by atoms with Crippen LogP contribution in [0, 0.1) is 5.92 Å². The molecule has 0 fully saturated rings. The Hall–Kier alpha value is 0.480. The molecule has 0 spiro atoms. The third-order valence-electron chi connectivity index (χ3n) is 0.905. The molecule has 0 unspecified atom stereocenters. The van der Waals surface area contributed by atoms with Gasteiger partial charge in [-0.05, 0) is 12.3 Å². The van der Waals surface area contributed by atoms with E-state index in [0.717, 1.165) is 5.33 Å². The SMILES string of the molecule is CCC[C](C)CBr. The van der Waals surface area contributed by atoms with E-state index >= 15 is 0 Å². The average molecular weight is 164 g/mol. The Balaban J connectivity index is 2.83. The van der Waals surface area contributed by atoms with Crippen molar-refractivity contribution in [3.05, 3.63) is 5.92 Å². The molecule has 0 bridgehead atoms. The lowest BCUT2D eigenvalue weighted by Crippen LogP contribution is -1.89. The first-order valence-corrected chi connectivity index (χ1v) is 3.80. The Morgan fingerprint density at radius 3 is 2.29 bits per heavy atom. The summed E-state index contributed by atoms with van der Waals surface area (Å²) >= 11 is 3.38. The number of alkyl halides is 1. The van der Waals surface area contributed by atoms with Crippen LogP contribution in [0.2, 0.25) is 0 Å². The highest BCUT2D eigenvalue weighted by Gasteiger charge is 1.94. The van der Waals surface area contributed by atoms with Gasteiger partial charge in [-0.15, -0.1) is 0 Å². The quantitative estimate of drug-likeness (QED) is 0.562. The van der Waals surface area contributed by atoms with Crippen LogP contribution in [0.3, 0.4) is 0 Å². The van der Waals surface area contributed by atoms with Gasteiger partial charge in [0.2, 0.25) is 0 Å². The van der Waals surface area contributed by atoms with Crippen LogP contribution in [0.5, 0.6) is 0 Å². The van der Waals surface area contributed by atoms with Crippen molar-refractivity contribution < 1.29 is 0 Å². The number of hydrogen-bond acceptors (Lipinski definition) is 0. The molecule has 7 heavy (non-hydrogen) atoms. The average Bonchev–Trinajstić information content (AvgIpc) is 1.68. The zero-order valence-corrected chi connectivity index (χ0v) is 6.59. The molecule has 0 nitrogen and oxygen atoms in total. The van der Waals surface area contributed by atoms with Gasteiger partial charge in [0.05, 0.1) is 0 Å². The normalized spacial score (nSPS) is 10.3. The van der Waals surface area contributed by atoms with E-state index in [9.17, 15) is 0 Å². The smallest absolute Gasteiger partial charge is 0.00908 e. The predicted octanol–water partition coefficient (Wildman–Crippen LogP) is 2.78. The molecule has 0 atom stereocenters. The maximum absolute atomic E-state index is 3.38. The van der Waals surface area contributed by atoms with Gasteiger partial charge in [0, 0.05) is 5.33 Å². The summed E-state index contributed by atoms with van der Waals surface area (Å²) in [6.07, 6.45) is 2.54. The molecule has 0 amide bonds. The monoisotopic (exact) mass is 163 g/mol. The zero-order chi connectivity index (χ0) is 5.70. The minimum atomic E-state index is 1.07. The van der Waals surface area contributed by atoms with Crippen molar-refractivity contribution >= 4 is 15.9 Å². The predicted molar refractivity (Wildman–Crippen MR) is 37.6 cm³/mol. The van der Waals surface area contributed by atoms with Crippen molar-refractivity contribution in [2.24, 2.45) is 0 Å². The third-order valence-corrected chi connectivity index (χ3v) is 1.86. The number of halogens is 1.